The predicted molar refractivity (Wildman–Crippen MR) is 93.9 cm³/mol. The smallest absolute Gasteiger partial charge is 0.320 e. The van der Waals surface area contributed by atoms with Gasteiger partial charge in [0.1, 0.15) is 6.04 Å². The Kier molecular flexibility index (Phi) is 3.36. The molecule has 0 aliphatic rings. The fourth-order valence-electron chi connectivity index (χ4n) is 2.92. The van der Waals surface area contributed by atoms with Gasteiger partial charge in [-0.15, -0.1) is 0 Å². The van der Waals surface area contributed by atoms with Crippen molar-refractivity contribution in [2.75, 3.05) is 0 Å². The number of nitrogens with two attached hydrogens (primary N) is 1. The lowest BCUT2D eigenvalue weighted by Gasteiger charge is -2.08. The highest BCUT2D eigenvalue weighted by Gasteiger charge is 2.13. The van der Waals surface area contributed by atoms with Crippen molar-refractivity contribution < 1.29 is 9.90 Å². The molecule has 1 aromatic heterocycles. The lowest BCUT2D eigenvalue weighted by atomic mass is 10.1. The van der Waals surface area contributed by atoms with Crippen molar-refractivity contribution in [1.82, 2.24) is 9.97 Å². The lowest BCUT2D eigenvalue weighted by molar-refractivity contribution is -0.138. The molecule has 0 aliphatic carbocycles. The average Bonchev–Trinajstić information content (AvgIpc) is 2.59. The molecular formula is C19H15N3O2. The summed E-state index contributed by atoms with van der Waals surface area (Å²) in [7, 11) is 0. The molecule has 0 fully saturated rings. The summed E-state index contributed by atoms with van der Waals surface area (Å²) in [5.74, 6) is -1.01. The lowest BCUT2D eigenvalue weighted by Crippen LogP contribution is -2.32. The van der Waals surface area contributed by atoms with Gasteiger partial charge in [0, 0.05) is 5.39 Å². The molecule has 24 heavy (non-hydrogen) atoms. The Morgan fingerprint density at radius 3 is 2.62 bits per heavy atom. The zero-order valence-electron chi connectivity index (χ0n) is 12.8. The number of nitrogens with zero attached hydrogens (tertiary/aromatic N) is 2. The van der Waals surface area contributed by atoms with E-state index in [9.17, 15) is 4.79 Å². The van der Waals surface area contributed by atoms with E-state index in [2.05, 4.69) is 11.1 Å². The SMILES string of the molecule is NC(Cc1ccc2nc3c(ccc4ccccc43)nc2c1)C(=O)O. The number of rotatable bonds is 3. The third kappa shape index (κ3) is 2.45. The van der Waals surface area contributed by atoms with Crippen LogP contribution in [0.4, 0.5) is 0 Å². The summed E-state index contributed by atoms with van der Waals surface area (Å²) in [6, 6.07) is 16.7. The van der Waals surface area contributed by atoms with Gasteiger partial charge in [-0.1, -0.05) is 36.4 Å². The number of benzene rings is 3. The van der Waals surface area contributed by atoms with Crippen LogP contribution in [0.15, 0.2) is 54.6 Å². The van der Waals surface area contributed by atoms with Crippen molar-refractivity contribution in [2.45, 2.75) is 12.5 Å². The molecule has 0 saturated heterocycles. The molecule has 0 amide bonds. The highest BCUT2D eigenvalue weighted by Crippen LogP contribution is 2.25. The molecule has 4 aromatic rings. The van der Waals surface area contributed by atoms with Crippen LogP contribution >= 0.6 is 0 Å². The van der Waals surface area contributed by atoms with Crippen LogP contribution in [0.25, 0.3) is 32.8 Å². The molecule has 5 heteroatoms. The van der Waals surface area contributed by atoms with Gasteiger partial charge >= 0.3 is 5.97 Å². The molecule has 118 valence electrons. The molecule has 0 radical (unpaired) electrons. The zero-order valence-corrected chi connectivity index (χ0v) is 12.8. The van der Waals surface area contributed by atoms with Gasteiger partial charge in [0.05, 0.1) is 22.1 Å². The van der Waals surface area contributed by atoms with Crippen molar-refractivity contribution >= 4 is 38.8 Å². The first-order valence-electron chi connectivity index (χ1n) is 7.68. The van der Waals surface area contributed by atoms with E-state index in [0.29, 0.717) is 0 Å². The summed E-state index contributed by atoms with van der Waals surface area (Å²) < 4.78 is 0. The number of fused-ring (bicyclic) bond motifs is 4. The molecule has 3 aromatic carbocycles. The monoisotopic (exact) mass is 317 g/mol. The van der Waals surface area contributed by atoms with Gasteiger partial charge in [-0.05, 0) is 35.6 Å². The van der Waals surface area contributed by atoms with E-state index in [-0.39, 0.29) is 6.42 Å². The number of carboxylic acids is 1. The molecule has 4 rings (SSSR count). The van der Waals surface area contributed by atoms with Crippen molar-refractivity contribution in [3.63, 3.8) is 0 Å². The highest BCUT2D eigenvalue weighted by molar-refractivity contribution is 6.05. The summed E-state index contributed by atoms with van der Waals surface area (Å²) in [6.07, 6.45) is 0.267. The molecule has 0 spiro atoms. The summed E-state index contributed by atoms with van der Waals surface area (Å²) in [4.78, 5) is 20.4. The Morgan fingerprint density at radius 2 is 1.79 bits per heavy atom. The summed E-state index contributed by atoms with van der Waals surface area (Å²) in [6.45, 7) is 0. The summed E-state index contributed by atoms with van der Waals surface area (Å²) in [5.41, 5.74) is 9.67. The third-order valence-electron chi connectivity index (χ3n) is 4.17. The normalized spacial score (nSPS) is 12.7. The quantitative estimate of drug-likeness (QED) is 0.448. The first-order chi connectivity index (χ1) is 11.6. The number of hydrogen-bond acceptors (Lipinski definition) is 4. The Labute approximate surface area is 137 Å². The second-order valence-electron chi connectivity index (χ2n) is 5.85. The van der Waals surface area contributed by atoms with E-state index >= 15 is 0 Å². The maximum atomic E-state index is 10.9. The fraction of sp³-hybridized carbons (Fsp3) is 0.105. The van der Waals surface area contributed by atoms with Crippen LogP contribution < -0.4 is 5.73 Å². The molecule has 0 saturated carbocycles. The van der Waals surface area contributed by atoms with Crippen molar-refractivity contribution in [2.24, 2.45) is 5.73 Å². The molecule has 1 unspecified atom stereocenters. The summed E-state index contributed by atoms with van der Waals surface area (Å²) in [5, 5.41) is 11.1. The van der Waals surface area contributed by atoms with Crippen LogP contribution in [0.2, 0.25) is 0 Å². The van der Waals surface area contributed by atoms with E-state index in [0.717, 1.165) is 38.4 Å². The second-order valence-corrected chi connectivity index (χ2v) is 5.85. The van der Waals surface area contributed by atoms with Crippen molar-refractivity contribution in [3.05, 3.63) is 60.2 Å². The highest BCUT2D eigenvalue weighted by atomic mass is 16.4. The van der Waals surface area contributed by atoms with Gasteiger partial charge in [-0.25, -0.2) is 9.97 Å². The number of aliphatic carboxylic acids is 1. The van der Waals surface area contributed by atoms with Gasteiger partial charge in [0.2, 0.25) is 0 Å². The summed E-state index contributed by atoms with van der Waals surface area (Å²) >= 11 is 0. The Bertz CT molecular complexity index is 1090. The van der Waals surface area contributed by atoms with Gasteiger partial charge in [-0.3, -0.25) is 4.79 Å². The number of carboxylic acid groups (broad SMARTS) is 1. The van der Waals surface area contributed by atoms with Gasteiger partial charge in [-0.2, -0.15) is 0 Å². The standard InChI is InChI=1S/C19H15N3O2/c20-14(19(23)24)9-11-5-7-15-17(10-11)21-16-8-6-12-3-1-2-4-13(12)18(16)22-15/h1-8,10,14H,9,20H2,(H,23,24). The van der Waals surface area contributed by atoms with Crippen LogP contribution in [-0.4, -0.2) is 27.1 Å². The topological polar surface area (TPSA) is 89.1 Å². The minimum absolute atomic E-state index is 0.267. The first kappa shape index (κ1) is 14.5. The largest absolute Gasteiger partial charge is 0.480 e. The van der Waals surface area contributed by atoms with Crippen LogP contribution in [0.3, 0.4) is 0 Å². The molecule has 5 nitrogen and oxygen atoms in total. The number of aromatic nitrogens is 2. The number of hydrogen-bond donors (Lipinski definition) is 2. The maximum absolute atomic E-state index is 10.9. The minimum Gasteiger partial charge on any atom is -0.480 e. The number of carbonyl (C=O) groups is 1. The van der Waals surface area contributed by atoms with Gasteiger partial charge in [0.25, 0.3) is 0 Å². The second kappa shape index (κ2) is 5.54. The molecule has 1 atom stereocenters. The van der Waals surface area contributed by atoms with E-state index in [1.54, 1.807) is 0 Å². The van der Waals surface area contributed by atoms with Gasteiger partial charge < -0.3 is 10.8 Å². The predicted octanol–water partition coefficient (Wildman–Crippen LogP) is 2.89. The third-order valence-corrected chi connectivity index (χ3v) is 4.17. The first-order valence-corrected chi connectivity index (χ1v) is 7.68. The van der Waals surface area contributed by atoms with E-state index in [4.69, 9.17) is 15.8 Å². The van der Waals surface area contributed by atoms with Crippen LogP contribution in [0, 0.1) is 0 Å². The zero-order chi connectivity index (χ0) is 16.7. The van der Waals surface area contributed by atoms with Gasteiger partial charge in [0.15, 0.2) is 0 Å². The molecule has 3 N–H and O–H groups in total. The van der Waals surface area contributed by atoms with Crippen LogP contribution in [0.1, 0.15) is 5.56 Å². The molecule has 1 heterocycles. The van der Waals surface area contributed by atoms with E-state index < -0.39 is 12.0 Å². The molecule has 0 aliphatic heterocycles. The Morgan fingerprint density at radius 1 is 1.00 bits per heavy atom. The van der Waals surface area contributed by atoms with Crippen molar-refractivity contribution in [1.29, 1.82) is 0 Å². The van der Waals surface area contributed by atoms with Crippen LogP contribution in [-0.2, 0) is 11.2 Å². The van der Waals surface area contributed by atoms with Crippen LogP contribution in [0.5, 0.6) is 0 Å². The van der Waals surface area contributed by atoms with E-state index in [1.807, 2.05) is 48.5 Å². The fourth-order valence-corrected chi connectivity index (χ4v) is 2.92. The molecule has 0 bridgehead atoms. The Hall–Kier alpha value is -3.05. The maximum Gasteiger partial charge on any atom is 0.320 e. The van der Waals surface area contributed by atoms with E-state index in [1.165, 1.54) is 0 Å². The average molecular weight is 317 g/mol. The molecular weight excluding hydrogens is 302 g/mol. The Balaban J connectivity index is 1.88. The van der Waals surface area contributed by atoms with Crippen molar-refractivity contribution in [3.8, 4) is 0 Å². The minimum atomic E-state index is -1.01.